The standard InChI is InChI=1S/C14H11N3O3/c18-13(11-5-3-7-15-8-11)17-16-9-10-4-1-2-6-12(10)14(19)20/h1-9H,(H,17,18)(H,19,20)/b16-9+. The predicted molar refractivity (Wildman–Crippen MR) is 72.7 cm³/mol. The van der Waals surface area contributed by atoms with Gasteiger partial charge in [0.1, 0.15) is 0 Å². The molecule has 0 aliphatic rings. The van der Waals surface area contributed by atoms with Crippen molar-refractivity contribution >= 4 is 18.1 Å². The maximum Gasteiger partial charge on any atom is 0.336 e. The van der Waals surface area contributed by atoms with Crippen LogP contribution in [-0.2, 0) is 0 Å². The van der Waals surface area contributed by atoms with E-state index in [0.717, 1.165) is 0 Å². The maximum atomic E-state index is 11.7. The normalized spacial score (nSPS) is 10.4. The summed E-state index contributed by atoms with van der Waals surface area (Å²) in [6.07, 6.45) is 4.26. The van der Waals surface area contributed by atoms with Crippen molar-refractivity contribution in [1.29, 1.82) is 0 Å². The number of benzene rings is 1. The highest BCUT2D eigenvalue weighted by molar-refractivity contribution is 5.99. The molecule has 6 heteroatoms. The molecule has 0 radical (unpaired) electrons. The van der Waals surface area contributed by atoms with Crippen LogP contribution < -0.4 is 5.43 Å². The lowest BCUT2D eigenvalue weighted by Gasteiger charge is -2.00. The molecule has 1 aromatic heterocycles. The number of pyridine rings is 1. The molecule has 0 unspecified atom stereocenters. The van der Waals surface area contributed by atoms with Crippen molar-refractivity contribution in [2.45, 2.75) is 0 Å². The van der Waals surface area contributed by atoms with Gasteiger partial charge in [0.05, 0.1) is 17.3 Å². The first kappa shape index (κ1) is 13.4. The van der Waals surface area contributed by atoms with E-state index in [1.807, 2.05) is 0 Å². The molecule has 0 aliphatic carbocycles. The molecule has 2 N–H and O–H groups in total. The molecule has 1 aromatic carbocycles. The summed E-state index contributed by atoms with van der Waals surface area (Å²) in [7, 11) is 0. The van der Waals surface area contributed by atoms with Crippen LogP contribution in [0.4, 0.5) is 0 Å². The number of carbonyl (C=O) groups is 2. The van der Waals surface area contributed by atoms with Gasteiger partial charge in [0.25, 0.3) is 5.91 Å². The minimum atomic E-state index is -1.05. The van der Waals surface area contributed by atoms with Gasteiger partial charge in [0.2, 0.25) is 0 Å². The number of hydrogen-bond donors (Lipinski definition) is 2. The summed E-state index contributed by atoms with van der Waals surface area (Å²) in [5.74, 6) is -1.47. The van der Waals surface area contributed by atoms with Crippen LogP contribution in [0.15, 0.2) is 53.9 Å². The molecular weight excluding hydrogens is 258 g/mol. The molecule has 2 rings (SSSR count). The largest absolute Gasteiger partial charge is 0.478 e. The van der Waals surface area contributed by atoms with E-state index in [0.29, 0.717) is 11.1 Å². The monoisotopic (exact) mass is 269 g/mol. The van der Waals surface area contributed by atoms with Crippen LogP contribution in [0, 0.1) is 0 Å². The third-order valence-electron chi connectivity index (χ3n) is 2.48. The third kappa shape index (κ3) is 3.26. The lowest BCUT2D eigenvalue weighted by molar-refractivity contribution is 0.0696. The molecule has 0 spiro atoms. The van der Waals surface area contributed by atoms with E-state index >= 15 is 0 Å². The molecule has 0 bridgehead atoms. The van der Waals surface area contributed by atoms with Crippen LogP contribution in [0.1, 0.15) is 26.3 Å². The summed E-state index contributed by atoms with van der Waals surface area (Å²) in [6.45, 7) is 0. The number of amides is 1. The van der Waals surface area contributed by atoms with Gasteiger partial charge >= 0.3 is 5.97 Å². The Hall–Kier alpha value is -3.02. The van der Waals surface area contributed by atoms with E-state index in [-0.39, 0.29) is 5.56 Å². The number of carboxylic acids is 1. The van der Waals surface area contributed by atoms with Crippen LogP contribution in [0.3, 0.4) is 0 Å². The summed E-state index contributed by atoms with van der Waals surface area (Å²) >= 11 is 0. The van der Waals surface area contributed by atoms with Crippen molar-refractivity contribution in [3.8, 4) is 0 Å². The van der Waals surface area contributed by atoms with Crippen molar-refractivity contribution in [1.82, 2.24) is 10.4 Å². The quantitative estimate of drug-likeness (QED) is 0.650. The smallest absolute Gasteiger partial charge is 0.336 e. The lowest BCUT2D eigenvalue weighted by Crippen LogP contribution is -2.17. The predicted octanol–water partition coefficient (Wildman–Crippen LogP) is 1.54. The first-order chi connectivity index (χ1) is 9.68. The van der Waals surface area contributed by atoms with Gasteiger partial charge in [-0.3, -0.25) is 9.78 Å². The van der Waals surface area contributed by atoms with Gasteiger partial charge < -0.3 is 5.11 Å². The molecule has 1 heterocycles. The van der Waals surface area contributed by atoms with Crippen molar-refractivity contribution in [3.05, 3.63) is 65.5 Å². The second-order valence-corrected chi connectivity index (χ2v) is 3.83. The first-order valence-corrected chi connectivity index (χ1v) is 5.74. The van der Waals surface area contributed by atoms with Crippen molar-refractivity contribution in [2.75, 3.05) is 0 Å². The molecule has 6 nitrogen and oxygen atoms in total. The van der Waals surface area contributed by atoms with Crippen LogP contribution in [-0.4, -0.2) is 28.2 Å². The Labute approximate surface area is 114 Å². The average Bonchev–Trinajstić information content (AvgIpc) is 2.48. The highest BCUT2D eigenvalue weighted by Gasteiger charge is 2.07. The third-order valence-corrected chi connectivity index (χ3v) is 2.48. The average molecular weight is 269 g/mol. The fourth-order valence-electron chi connectivity index (χ4n) is 1.53. The SMILES string of the molecule is O=C(N/N=C/c1ccccc1C(=O)O)c1cccnc1. The number of aromatic carboxylic acids is 1. The van der Waals surface area contributed by atoms with Crippen molar-refractivity contribution in [2.24, 2.45) is 5.10 Å². The zero-order valence-electron chi connectivity index (χ0n) is 10.4. The van der Waals surface area contributed by atoms with E-state index in [2.05, 4.69) is 15.5 Å². The zero-order chi connectivity index (χ0) is 14.4. The van der Waals surface area contributed by atoms with Crippen molar-refractivity contribution < 1.29 is 14.7 Å². The molecule has 0 aliphatic heterocycles. The molecule has 0 saturated heterocycles. The van der Waals surface area contributed by atoms with Crippen LogP contribution in [0.2, 0.25) is 0 Å². The molecule has 100 valence electrons. The number of hydrazone groups is 1. The maximum absolute atomic E-state index is 11.7. The number of aromatic nitrogens is 1. The number of carbonyl (C=O) groups excluding carboxylic acids is 1. The van der Waals surface area contributed by atoms with Gasteiger partial charge in [-0.2, -0.15) is 5.10 Å². The number of nitrogens with one attached hydrogen (secondary N) is 1. The molecule has 1 amide bonds. The summed E-state index contributed by atoms with van der Waals surface area (Å²) in [5, 5.41) is 12.7. The molecule has 0 atom stereocenters. The zero-order valence-corrected chi connectivity index (χ0v) is 10.4. The Morgan fingerprint density at radius 2 is 2.00 bits per heavy atom. The molecule has 2 aromatic rings. The van der Waals surface area contributed by atoms with Crippen LogP contribution in [0.25, 0.3) is 0 Å². The van der Waals surface area contributed by atoms with Crippen LogP contribution >= 0.6 is 0 Å². The first-order valence-electron chi connectivity index (χ1n) is 5.74. The second-order valence-electron chi connectivity index (χ2n) is 3.83. The minimum absolute atomic E-state index is 0.117. The second kappa shape index (κ2) is 6.24. The van der Waals surface area contributed by atoms with Crippen molar-refractivity contribution in [3.63, 3.8) is 0 Å². The van der Waals surface area contributed by atoms with E-state index in [1.54, 1.807) is 36.5 Å². The van der Waals surface area contributed by atoms with Gasteiger partial charge in [0, 0.05) is 18.0 Å². The molecule has 0 saturated carbocycles. The summed E-state index contributed by atoms with van der Waals surface area (Å²) in [4.78, 5) is 26.5. The fraction of sp³-hybridized carbons (Fsp3) is 0. The summed E-state index contributed by atoms with van der Waals surface area (Å²) < 4.78 is 0. The topological polar surface area (TPSA) is 91.7 Å². The Balaban J connectivity index is 2.08. The highest BCUT2D eigenvalue weighted by atomic mass is 16.4. The van der Waals surface area contributed by atoms with Gasteiger partial charge in [-0.05, 0) is 18.2 Å². The summed E-state index contributed by atoms with van der Waals surface area (Å²) in [5.41, 5.74) is 3.21. The number of nitrogens with zero attached hydrogens (tertiary/aromatic N) is 2. The molecule has 0 fully saturated rings. The Morgan fingerprint density at radius 1 is 1.20 bits per heavy atom. The van der Waals surface area contributed by atoms with E-state index in [4.69, 9.17) is 5.11 Å². The van der Waals surface area contributed by atoms with Gasteiger partial charge in [0.15, 0.2) is 0 Å². The number of hydrogen-bond acceptors (Lipinski definition) is 4. The Morgan fingerprint density at radius 3 is 2.70 bits per heavy atom. The van der Waals surface area contributed by atoms with E-state index in [9.17, 15) is 9.59 Å². The number of rotatable bonds is 4. The Kier molecular flexibility index (Phi) is 4.18. The number of carboxylic acid groups (broad SMARTS) is 1. The minimum Gasteiger partial charge on any atom is -0.478 e. The van der Waals surface area contributed by atoms with Crippen LogP contribution in [0.5, 0.6) is 0 Å². The van der Waals surface area contributed by atoms with Gasteiger partial charge in [-0.25, -0.2) is 10.2 Å². The molecule has 20 heavy (non-hydrogen) atoms. The highest BCUT2D eigenvalue weighted by Crippen LogP contribution is 2.05. The molecular formula is C14H11N3O3. The van der Waals surface area contributed by atoms with E-state index in [1.165, 1.54) is 18.5 Å². The van der Waals surface area contributed by atoms with Gasteiger partial charge in [-0.1, -0.05) is 18.2 Å². The lowest BCUT2D eigenvalue weighted by atomic mass is 10.1. The fourth-order valence-corrected chi connectivity index (χ4v) is 1.53. The summed E-state index contributed by atoms with van der Waals surface area (Å²) in [6, 6.07) is 9.61. The van der Waals surface area contributed by atoms with Gasteiger partial charge in [-0.15, -0.1) is 0 Å². The Bertz CT molecular complexity index is 654. The van der Waals surface area contributed by atoms with E-state index < -0.39 is 11.9 Å².